The second-order valence-electron chi connectivity index (χ2n) is 4.45. The normalized spacial score (nSPS) is 12.2. The summed E-state index contributed by atoms with van der Waals surface area (Å²) < 4.78 is 0.575. The van der Waals surface area contributed by atoms with Crippen molar-refractivity contribution in [2.75, 3.05) is 13.2 Å². The number of amides is 1. The fraction of sp³-hybridized carbons (Fsp3) is 0.538. The molecule has 0 saturated carbocycles. The van der Waals surface area contributed by atoms with Crippen molar-refractivity contribution in [1.29, 1.82) is 0 Å². The molecule has 19 heavy (non-hydrogen) atoms. The number of hydrogen-bond acceptors (Lipinski definition) is 4. The van der Waals surface area contributed by atoms with E-state index in [0.717, 1.165) is 0 Å². The number of nitrogens with one attached hydrogen (secondary N) is 1. The number of carbonyl (C=O) groups is 2. The largest absolute Gasteiger partial charge is 0.396 e. The zero-order chi connectivity index (χ0) is 14.3. The van der Waals surface area contributed by atoms with Gasteiger partial charge in [-0.2, -0.15) is 0 Å². The molecule has 0 aliphatic rings. The predicted molar refractivity (Wildman–Crippen MR) is 76.8 cm³/mol. The van der Waals surface area contributed by atoms with Crippen LogP contribution < -0.4 is 5.32 Å². The summed E-state index contributed by atoms with van der Waals surface area (Å²) >= 11 is 6.98. The summed E-state index contributed by atoms with van der Waals surface area (Å²) in [5.74, 6) is 0.0389. The molecule has 1 unspecified atom stereocenters. The number of aliphatic hydroxyl groups excluding tert-OH is 1. The van der Waals surface area contributed by atoms with Gasteiger partial charge in [-0.25, -0.2) is 0 Å². The molecule has 1 heterocycles. The molecule has 0 bridgehead atoms. The highest BCUT2D eigenvalue weighted by atomic mass is 35.5. The number of rotatable bonds is 8. The second-order valence-corrected chi connectivity index (χ2v) is 6.16. The van der Waals surface area contributed by atoms with Crippen molar-refractivity contribution in [2.24, 2.45) is 5.92 Å². The van der Waals surface area contributed by atoms with E-state index in [1.807, 2.05) is 6.92 Å². The van der Waals surface area contributed by atoms with E-state index >= 15 is 0 Å². The van der Waals surface area contributed by atoms with Gasteiger partial charge in [0, 0.05) is 26.0 Å². The van der Waals surface area contributed by atoms with Gasteiger partial charge in [-0.15, -0.1) is 11.3 Å². The van der Waals surface area contributed by atoms with Gasteiger partial charge in [0.1, 0.15) is 0 Å². The van der Waals surface area contributed by atoms with Crippen LogP contribution in [0.15, 0.2) is 12.1 Å². The molecule has 0 saturated heterocycles. The van der Waals surface area contributed by atoms with Crippen LogP contribution in [0.2, 0.25) is 4.34 Å². The zero-order valence-corrected chi connectivity index (χ0v) is 12.4. The van der Waals surface area contributed by atoms with Crippen molar-refractivity contribution >= 4 is 34.6 Å². The first-order chi connectivity index (χ1) is 9.02. The first-order valence-electron chi connectivity index (χ1n) is 6.19. The highest BCUT2D eigenvalue weighted by molar-refractivity contribution is 7.18. The summed E-state index contributed by atoms with van der Waals surface area (Å²) in [6.07, 6.45) is 1.03. The minimum absolute atomic E-state index is 0.0598. The summed E-state index contributed by atoms with van der Waals surface area (Å²) in [6.45, 7) is 2.60. The van der Waals surface area contributed by atoms with Crippen LogP contribution in [0.4, 0.5) is 0 Å². The minimum atomic E-state index is -0.138. The van der Waals surface area contributed by atoms with Crippen LogP contribution in [0.3, 0.4) is 0 Å². The maximum atomic E-state index is 11.7. The Hall–Kier alpha value is -0.910. The van der Waals surface area contributed by atoms with Crippen molar-refractivity contribution in [1.82, 2.24) is 5.32 Å². The molecule has 0 aromatic carbocycles. The summed E-state index contributed by atoms with van der Waals surface area (Å²) in [7, 11) is 0. The van der Waals surface area contributed by atoms with Crippen LogP contribution in [0.25, 0.3) is 0 Å². The molecule has 0 spiro atoms. The third kappa shape index (κ3) is 6.18. The summed E-state index contributed by atoms with van der Waals surface area (Å²) in [6, 6.07) is 3.35. The monoisotopic (exact) mass is 303 g/mol. The maximum Gasteiger partial charge on any atom is 0.220 e. The molecule has 1 aromatic rings. The quantitative estimate of drug-likeness (QED) is 0.725. The van der Waals surface area contributed by atoms with E-state index in [-0.39, 0.29) is 37.1 Å². The molecule has 1 rings (SSSR count). The van der Waals surface area contributed by atoms with Crippen molar-refractivity contribution in [3.63, 3.8) is 0 Å². The van der Waals surface area contributed by atoms with E-state index in [0.29, 0.717) is 22.2 Å². The molecule has 1 atom stereocenters. The van der Waals surface area contributed by atoms with Gasteiger partial charge in [-0.3, -0.25) is 9.59 Å². The predicted octanol–water partition coefficient (Wildman–Crippen LogP) is 2.50. The van der Waals surface area contributed by atoms with Gasteiger partial charge in [0.15, 0.2) is 5.78 Å². The molecule has 6 heteroatoms. The van der Waals surface area contributed by atoms with Gasteiger partial charge < -0.3 is 10.4 Å². The number of hydrogen-bond donors (Lipinski definition) is 2. The number of thiophene rings is 1. The molecule has 4 nitrogen and oxygen atoms in total. The molecule has 1 aromatic heterocycles. The Bertz CT molecular complexity index is 433. The average Bonchev–Trinajstić information content (AvgIpc) is 2.80. The first kappa shape index (κ1) is 16.1. The Balaban J connectivity index is 2.25. The lowest BCUT2D eigenvalue weighted by atomic mass is 10.1. The Kier molecular flexibility index (Phi) is 7.05. The molecular formula is C13H18ClNO3S. The highest BCUT2D eigenvalue weighted by Gasteiger charge is 2.12. The smallest absolute Gasteiger partial charge is 0.220 e. The summed E-state index contributed by atoms with van der Waals surface area (Å²) in [5, 5.41) is 11.5. The van der Waals surface area contributed by atoms with E-state index in [9.17, 15) is 9.59 Å². The van der Waals surface area contributed by atoms with Gasteiger partial charge >= 0.3 is 0 Å². The van der Waals surface area contributed by atoms with Crippen LogP contribution in [0, 0.1) is 5.92 Å². The first-order valence-corrected chi connectivity index (χ1v) is 7.38. The molecule has 0 aliphatic heterocycles. The van der Waals surface area contributed by atoms with Crippen molar-refractivity contribution in [3.05, 3.63) is 21.3 Å². The SMILES string of the molecule is CC(CCO)CNC(=O)CCC(=O)c1ccc(Cl)s1. The fourth-order valence-electron chi connectivity index (χ4n) is 1.51. The third-order valence-electron chi connectivity index (χ3n) is 2.70. The number of carbonyl (C=O) groups excluding carboxylic acids is 2. The lowest BCUT2D eigenvalue weighted by Gasteiger charge is -2.10. The zero-order valence-electron chi connectivity index (χ0n) is 10.8. The summed E-state index contributed by atoms with van der Waals surface area (Å²) in [4.78, 5) is 23.9. The van der Waals surface area contributed by atoms with Gasteiger partial charge in [0.25, 0.3) is 0 Å². The van der Waals surface area contributed by atoms with E-state index in [2.05, 4.69) is 5.32 Å². The van der Waals surface area contributed by atoms with Crippen molar-refractivity contribution in [2.45, 2.75) is 26.2 Å². The van der Waals surface area contributed by atoms with E-state index in [1.54, 1.807) is 12.1 Å². The van der Waals surface area contributed by atoms with Crippen LogP contribution in [0.1, 0.15) is 35.9 Å². The number of Topliss-reactive ketones (excluding diaryl/α,β-unsaturated/α-hetero) is 1. The fourth-order valence-corrected chi connectivity index (χ4v) is 2.52. The van der Waals surface area contributed by atoms with Crippen molar-refractivity contribution in [3.8, 4) is 0 Å². The Labute approximate surface area is 121 Å². The Morgan fingerprint density at radius 2 is 2.16 bits per heavy atom. The number of aliphatic hydroxyl groups is 1. The van der Waals surface area contributed by atoms with E-state index in [1.165, 1.54) is 11.3 Å². The van der Waals surface area contributed by atoms with Crippen LogP contribution in [-0.2, 0) is 4.79 Å². The molecule has 0 fully saturated rings. The standard InChI is InChI=1S/C13H18ClNO3S/c1-9(6-7-16)8-15-13(18)5-2-10(17)11-3-4-12(14)19-11/h3-4,9,16H,2,5-8H2,1H3,(H,15,18). The molecule has 106 valence electrons. The van der Waals surface area contributed by atoms with Crippen LogP contribution in [0.5, 0.6) is 0 Å². The average molecular weight is 304 g/mol. The Morgan fingerprint density at radius 1 is 1.42 bits per heavy atom. The molecule has 1 amide bonds. The van der Waals surface area contributed by atoms with Crippen molar-refractivity contribution < 1.29 is 14.7 Å². The second kappa shape index (κ2) is 8.30. The molecule has 0 aliphatic carbocycles. The highest BCUT2D eigenvalue weighted by Crippen LogP contribution is 2.22. The maximum absolute atomic E-state index is 11.7. The minimum Gasteiger partial charge on any atom is -0.396 e. The lowest BCUT2D eigenvalue weighted by molar-refractivity contribution is -0.121. The Morgan fingerprint density at radius 3 is 2.74 bits per heavy atom. The van der Waals surface area contributed by atoms with Gasteiger partial charge in [0.05, 0.1) is 9.21 Å². The van der Waals surface area contributed by atoms with E-state index in [4.69, 9.17) is 16.7 Å². The molecule has 0 radical (unpaired) electrons. The van der Waals surface area contributed by atoms with Gasteiger partial charge in [0.2, 0.25) is 5.91 Å². The van der Waals surface area contributed by atoms with E-state index < -0.39 is 0 Å². The molecule has 2 N–H and O–H groups in total. The van der Waals surface area contributed by atoms with Crippen LogP contribution in [-0.4, -0.2) is 29.9 Å². The van der Waals surface area contributed by atoms with Gasteiger partial charge in [-0.1, -0.05) is 18.5 Å². The summed E-state index contributed by atoms with van der Waals surface area (Å²) in [5.41, 5.74) is 0. The number of halogens is 1. The third-order valence-corrected chi connectivity index (χ3v) is 3.97. The van der Waals surface area contributed by atoms with Crippen LogP contribution >= 0.6 is 22.9 Å². The molecular weight excluding hydrogens is 286 g/mol. The van der Waals surface area contributed by atoms with Gasteiger partial charge in [-0.05, 0) is 24.5 Å². The topological polar surface area (TPSA) is 66.4 Å². The lowest BCUT2D eigenvalue weighted by Crippen LogP contribution is -2.28. The number of ketones is 1.